The van der Waals surface area contributed by atoms with Gasteiger partial charge in [0.15, 0.2) is 6.29 Å². The number of carbonyl (C=O) groups is 1. The molecule has 2 rings (SSSR count). The molecular formula is C13H12IN3O4. The summed E-state index contributed by atoms with van der Waals surface area (Å²) in [6.45, 7) is -0.0194. The first-order valence-corrected chi connectivity index (χ1v) is 7.32. The predicted molar refractivity (Wildman–Crippen MR) is 82.4 cm³/mol. The molecule has 0 bridgehead atoms. The Bertz CT molecular complexity index is 586. The van der Waals surface area contributed by atoms with Crippen molar-refractivity contribution in [3.05, 3.63) is 56.1 Å². The molecule has 0 aliphatic carbocycles. The summed E-state index contributed by atoms with van der Waals surface area (Å²) in [4.78, 5) is 14.0. The molecule has 1 heterocycles. The first kappa shape index (κ1) is 15.8. The quantitative estimate of drug-likeness (QED) is 0.361. The Kier molecular flexibility index (Phi) is 5.57. The second-order valence-electron chi connectivity index (χ2n) is 4.30. The Labute approximate surface area is 134 Å². The molecule has 8 heteroatoms. The first-order chi connectivity index (χ1) is 10.2. The minimum Gasteiger partial charge on any atom is -0.481 e. The molecular weight excluding hydrogens is 389 g/mol. The summed E-state index contributed by atoms with van der Waals surface area (Å²) >= 11 is 1.89. The lowest BCUT2D eigenvalue weighted by molar-refractivity contribution is -0.234. The van der Waals surface area contributed by atoms with E-state index < -0.39 is 24.3 Å². The summed E-state index contributed by atoms with van der Waals surface area (Å²) in [6.07, 6.45) is -1.54. The second-order valence-corrected chi connectivity index (χ2v) is 4.92. The van der Waals surface area contributed by atoms with E-state index in [2.05, 4.69) is 10.0 Å². The molecule has 0 saturated carbocycles. The van der Waals surface area contributed by atoms with Gasteiger partial charge in [0.1, 0.15) is 12.0 Å². The smallest absolute Gasteiger partial charge is 0.311 e. The fraction of sp³-hybridized carbons (Fsp3) is 0.308. The lowest BCUT2D eigenvalue weighted by atomic mass is 10.00. The third-order valence-electron chi connectivity index (χ3n) is 3.02. The molecule has 0 amide bonds. The maximum atomic E-state index is 11.3. The summed E-state index contributed by atoms with van der Waals surface area (Å²) in [5, 5.41) is 12.8. The highest BCUT2D eigenvalue weighted by Gasteiger charge is 2.39. The van der Waals surface area contributed by atoms with E-state index in [-0.39, 0.29) is 12.3 Å². The highest BCUT2D eigenvalue weighted by atomic mass is 127. The van der Waals surface area contributed by atoms with Crippen molar-refractivity contribution in [2.45, 2.75) is 12.4 Å². The maximum absolute atomic E-state index is 11.3. The van der Waals surface area contributed by atoms with E-state index in [1.54, 1.807) is 0 Å². The van der Waals surface area contributed by atoms with E-state index in [1.165, 1.54) is 4.08 Å². The number of hydrogen-bond donors (Lipinski definition) is 1. The van der Waals surface area contributed by atoms with Gasteiger partial charge in [0.05, 0.1) is 12.3 Å². The minimum absolute atomic E-state index is 0.0194. The average Bonchev–Trinajstić information content (AvgIpc) is 2.52. The fourth-order valence-corrected chi connectivity index (χ4v) is 2.48. The summed E-state index contributed by atoms with van der Waals surface area (Å²) in [5.74, 6) is -1.98. The SMILES string of the molecule is [N-]=[N+]=N/C(=C/I)[C@@H]1O[C@H](c2ccccc2)OC[C@H]1C(=O)O. The van der Waals surface area contributed by atoms with Gasteiger partial charge in [-0.05, 0) is 9.61 Å². The van der Waals surface area contributed by atoms with Gasteiger partial charge in [0.25, 0.3) is 0 Å². The zero-order chi connectivity index (χ0) is 15.2. The van der Waals surface area contributed by atoms with Gasteiger partial charge in [-0.25, -0.2) is 0 Å². The molecule has 21 heavy (non-hydrogen) atoms. The number of aliphatic carboxylic acids is 1. The highest BCUT2D eigenvalue weighted by Crippen LogP contribution is 2.33. The van der Waals surface area contributed by atoms with Crippen LogP contribution in [0.15, 0.2) is 45.2 Å². The third-order valence-corrected chi connectivity index (χ3v) is 3.65. The van der Waals surface area contributed by atoms with Crippen molar-refractivity contribution in [3.63, 3.8) is 0 Å². The number of rotatable bonds is 4. The Hall–Kier alpha value is -1.61. The number of benzene rings is 1. The normalized spacial score (nSPS) is 26.0. The number of hydrogen-bond acceptors (Lipinski definition) is 4. The summed E-state index contributed by atoms with van der Waals surface area (Å²) in [5.41, 5.74) is 9.60. The molecule has 1 fully saturated rings. The summed E-state index contributed by atoms with van der Waals surface area (Å²) in [7, 11) is 0. The molecule has 0 radical (unpaired) electrons. The number of nitrogens with zero attached hydrogens (tertiary/aromatic N) is 3. The van der Waals surface area contributed by atoms with Gasteiger partial charge < -0.3 is 14.6 Å². The zero-order valence-electron chi connectivity index (χ0n) is 10.8. The van der Waals surface area contributed by atoms with Crippen molar-refractivity contribution in [2.75, 3.05) is 6.61 Å². The Morgan fingerprint density at radius 1 is 1.48 bits per heavy atom. The first-order valence-electron chi connectivity index (χ1n) is 6.07. The van der Waals surface area contributed by atoms with Crippen molar-refractivity contribution >= 4 is 28.6 Å². The number of carboxylic acids is 1. The Balaban J connectivity index is 2.27. The van der Waals surface area contributed by atoms with Crippen LogP contribution in [0.2, 0.25) is 0 Å². The van der Waals surface area contributed by atoms with Gasteiger partial charge in [-0.2, -0.15) is 0 Å². The van der Waals surface area contributed by atoms with Gasteiger partial charge in [0, 0.05) is 10.5 Å². The standard InChI is InChI=1S/C13H12IN3O4/c14-6-10(16-17-15)11-9(12(18)19)7-20-13(21-11)8-4-2-1-3-5-8/h1-6,9,11,13H,7H2,(H,18,19)/b10-6+/t9-,11-,13-/m1/s1. The van der Waals surface area contributed by atoms with Crippen LogP contribution < -0.4 is 0 Å². The minimum atomic E-state index is -1.06. The maximum Gasteiger partial charge on any atom is 0.311 e. The van der Waals surface area contributed by atoms with Crippen molar-refractivity contribution in [3.8, 4) is 0 Å². The van der Waals surface area contributed by atoms with E-state index in [4.69, 9.17) is 15.0 Å². The van der Waals surface area contributed by atoms with E-state index in [0.29, 0.717) is 0 Å². The summed E-state index contributed by atoms with van der Waals surface area (Å²) < 4.78 is 12.7. The van der Waals surface area contributed by atoms with Crippen LogP contribution in [0.3, 0.4) is 0 Å². The molecule has 1 N–H and O–H groups in total. The molecule has 1 aliphatic rings. The van der Waals surface area contributed by atoms with Crippen LogP contribution in [0.1, 0.15) is 11.9 Å². The highest BCUT2D eigenvalue weighted by molar-refractivity contribution is 14.1. The van der Waals surface area contributed by atoms with Crippen LogP contribution in [0.5, 0.6) is 0 Å². The van der Waals surface area contributed by atoms with E-state index >= 15 is 0 Å². The van der Waals surface area contributed by atoms with Gasteiger partial charge in [-0.15, -0.1) is 0 Å². The molecule has 0 spiro atoms. The predicted octanol–water partition coefficient (Wildman–Crippen LogP) is 3.39. The topological polar surface area (TPSA) is 105 Å². The monoisotopic (exact) mass is 401 g/mol. The summed E-state index contributed by atoms with van der Waals surface area (Å²) in [6, 6.07) is 9.18. The van der Waals surface area contributed by atoms with E-state index in [9.17, 15) is 9.90 Å². The Morgan fingerprint density at radius 3 is 2.76 bits per heavy atom. The van der Waals surface area contributed by atoms with E-state index in [0.717, 1.165) is 5.56 Å². The molecule has 110 valence electrons. The van der Waals surface area contributed by atoms with Crippen LogP contribution in [0.4, 0.5) is 0 Å². The van der Waals surface area contributed by atoms with Gasteiger partial charge in [0.2, 0.25) is 0 Å². The van der Waals surface area contributed by atoms with Gasteiger partial charge in [-0.3, -0.25) is 4.79 Å². The van der Waals surface area contributed by atoms with Crippen LogP contribution >= 0.6 is 22.6 Å². The van der Waals surface area contributed by atoms with E-state index in [1.807, 2.05) is 52.9 Å². The van der Waals surface area contributed by atoms with Crippen LogP contribution in [-0.4, -0.2) is 23.8 Å². The number of ether oxygens (including phenoxy) is 2. The molecule has 1 aliphatic heterocycles. The number of azide groups is 1. The molecule has 0 unspecified atom stereocenters. The van der Waals surface area contributed by atoms with Crippen LogP contribution in [0, 0.1) is 5.92 Å². The number of carboxylic acid groups (broad SMARTS) is 1. The largest absolute Gasteiger partial charge is 0.481 e. The Morgan fingerprint density at radius 2 is 2.19 bits per heavy atom. The van der Waals surface area contributed by atoms with Gasteiger partial charge in [-0.1, -0.05) is 58.0 Å². The lowest BCUT2D eigenvalue weighted by Gasteiger charge is -2.34. The molecule has 1 saturated heterocycles. The molecule has 3 atom stereocenters. The van der Waals surface area contributed by atoms with Crippen molar-refractivity contribution in [1.29, 1.82) is 0 Å². The van der Waals surface area contributed by atoms with Crippen molar-refractivity contribution in [2.24, 2.45) is 11.0 Å². The lowest BCUT2D eigenvalue weighted by Crippen LogP contribution is -2.41. The third kappa shape index (κ3) is 3.73. The molecule has 1 aromatic carbocycles. The second kappa shape index (κ2) is 7.41. The van der Waals surface area contributed by atoms with Gasteiger partial charge >= 0.3 is 5.97 Å². The number of halogens is 1. The zero-order valence-corrected chi connectivity index (χ0v) is 13.0. The fourth-order valence-electron chi connectivity index (χ4n) is 2.00. The van der Waals surface area contributed by atoms with Crippen LogP contribution in [0.25, 0.3) is 10.4 Å². The van der Waals surface area contributed by atoms with Crippen molar-refractivity contribution in [1.82, 2.24) is 0 Å². The molecule has 0 aromatic heterocycles. The average molecular weight is 401 g/mol. The molecule has 1 aromatic rings. The van der Waals surface area contributed by atoms with Crippen molar-refractivity contribution < 1.29 is 19.4 Å². The van der Waals surface area contributed by atoms with Crippen LogP contribution in [-0.2, 0) is 14.3 Å². The molecule has 7 nitrogen and oxygen atoms in total.